The molecule has 0 spiro atoms. The summed E-state index contributed by atoms with van der Waals surface area (Å²) >= 11 is 0. The van der Waals surface area contributed by atoms with Crippen molar-refractivity contribution in [1.29, 1.82) is 5.26 Å². The van der Waals surface area contributed by atoms with E-state index in [0.29, 0.717) is 0 Å². The van der Waals surface area contributed by atoms with Crippen molar-refractivity contribution in [2.75, 3.05) is 7.11 Å². The van der Waals surface area contributed by atoms with Gasteiger partial charge in [-0.1, -0.05) is 12.1 Å². The first-order valence-corrected chi connectivity index (χ1v) is 4.54. The molecule has 0 bridgehead atoms. The van der Waals surface area contributed by atoms with Crippen LogP contribution in [0.4, 0.5) is 13.2 Å². The quantitative estimate of drug-likeness (QED) is 0.819. The Morgan fingerprint density at radius 3 is 2.59 bits per heavy atom. The average Bonchev–Trinajstić information content (AvgIpc) is 2.29. The number of alkyl halides is 3. The van der Waals surface area contributed by atoms with E-state index < -0.39 is 17.9 Å². The lowest BCUT2D eigenvalue weighted by Crippen LogP contribution is -2.28. The lowest BCUT2D eigenvalue weighted by Gasteiger charge is -2.11. The average molecular weight is 243 g/mol. The molecule has 3 nitrogen and oxygen atoms in total. The maximum absolute atomic E-state index is 12.2. The number of carbonyl (C=O) groups is 1. The fourth-order valence-electron chi connectivity index (χ4n) is 1.27. The third-order valence-corrected chi connectivity index (χ3v) is 2.10. The van der Waals surface area contributed by atoms with Gasteiger partial charge in [-0.25, -0.2) is 0 Å². The molecule has 0 aliphatic rings. The largest absolute Gasteiger partial charge is 0.497 e. The van der Waals surface area contributed by atoms with Crippen LogP contribution in [0.3, 0.4) is 0 Å². The van der Waals surface area contributed by atoms with Crippen LogP contribution in [-0.4, -0.2) is 19.1 Å². The van der Waals surface area contributed by atoms with E-state index in [1.54, 1.807) is 0 Å². The van der Waals surface area contributed by atoms with Crippen LogP contribution in [0.2, 0.25) is 0 Å². The third kappa shape index (κ3) is 2.97. The number of Topliss-reactive ketones (excluding diaryl/α,β-unsaturated/α-hetero) is 1. The van der Waals surface area contributed by atoms with Crippen LogP contribution in [-0.2, 0) is 4.79 Å². The van der Waals surface area contributed by atoms with Gasteiger partial charge in [0.2, 0.25) is 0 Å². The highest BCUT2D eigenvalue weighted by molar-refractivity contribution is 5.92. The number of nitrogens with zero attached hydrogens (tertiary/aromatic N) is 1. The van der Waals surface area contributed by atoms with Gasteiger partial charge in [0.05, 0.1) is 13.2 Å². The molecule has 1 atom stereocenters. The Labute approximate surface area is 95.4 Å². The SMILES string of the molecule is COc1cccc(C(C#N)C(=O)C(F)(F)F)c1. The fourth-order valence-corrected chi connectivity index (χ4v) is 1.27. The summed E-state index contributed by atoms with van der Waals surface area (Å²) in [4.78, 5) is 11.0. The zero-order valence-corrected chi connectivity index (χ0v) is 8.78. The number of ketones is 1. The highest BCUT2D eigenvalue weighted by Gasteiger charge is 2.44. The first-order chi connectivity index (χ1) is 7.90. The lowest BCUT2D eigenvalue weighted by atomic mass is 9.95. The van der Waals surface area contributed by atoms with Crippen molar-refractivity contribution in [2.45, 2.75) is 12.1 Å². The maximum atomic E-state index is 12.2. The molecule has 0 fully saturated rings. The van der Waals surface area contributed by atoms with E-state index in [-0.39, 0.29) is 11.3 Å². The van der Waals surface area contributed by atoms with Gasteiger partial charge in [0, 0.05) is 0 Å². The van der Waals surface area contributed by atoms with Crippen LogP contribution in [0.5, 0.6) is 5.75 Å². The van der Waals surface area contributed by atoms with E-state index in [1.807, 2.05) is 0 Å². The first-order valence-electron chi connectivity index (χ1n) is 4.54. The summed E-state index contributed by atoms with van der Waals surface area (Å²) in [5, 5.41) is 8.67. The van der Waals surface area contributed by atoms with Gasteiger partial charge in [-0.3, -0.25) is 4.79 Å². The molecule has 0 aliphatic carbocycles. The second-order valence-electron chi connectivity index (χ2n) is 3.20. The molecule has 1 aromatic rings. The smallest absolute Gasteiger partial charge is 0.451 e. The van der Waals surface area contributed by atoms with Gasteiger partial charge in [0.25, 0.3) is 5.78 Å². The Bertz CT molecular complexity index is 463. The molecular weight excluding hydrogens is 235 g/mol. The van der Waals surface area contributed by atoms with Crippen LogP contribution in [0.25, 0.3) is 0 Å². The van der Waals surface area contributed by atoms with Crippen molar-refractivity contribution in [1.82, 2.24) is 0 Å². The van der Waals surface area contributed by atoms with E-state index in [1.165, 1.54) is 37.4 Å². The van der Waals surface area contributed by atoms with Crippen molar-refractivity contribution in [2.24, 2.45) is 0 Å². The van der Waals surface area contributed by atoms with Crippen molar-refractivity contribution in [3.8, 4) is 11.8 Å². The topological polar surface area (TPSA) is 50.1 Å². The third-order valence-electron chi connectivity index (χ3n) is 2.10. The van der Waals surface area contributed by atoms with E-state index in [9.17, 15) is 18.0 Å². The van der Waals surface area contributed by atoms with Crippen molar-refractivity contribution in [3.05, 3.63) is 29.8 Å². The second kappa shape index (κ2) is 4.87. The monoisotopic (exact) mass is 243 g/mol. The van der Waals surface area contributed by atoms with Gasteiger partial charge in [-0.15, -0.1) is 0 Å². The minimum atomic E-state index is -5.02. The van der Waals surface area contributed by atoms with Gasteiger partial charge in [0.15, 0.2) is 0 Å². The van der Waals surface area contributed by atoms with E-state index in [0.717, 1.165) is 0 Å². The molecule has 0 heterocycles. The summed E-state index contributed by atoms with van der Waals surface area (Å²) in [5.74, 6) is -3.64. The summed E-state index contributed by atoms with van der Waals surface area (Å²) in [6.07, 6.45) is -5.02. The predicted octanol–water partition coefficient (Wildman–Crippen LogP) is 2.43. The number of rotatable bonds is 3. The number of methoxy groups -OCH3 is 1. The van der Waals surface area contributed by atoms with Gasteiger partial charge in [0.1, 0.15) is 11.7 Å². The van der Waals surface area contributed by atoms with Gasteiger partial charge in [-0.2, -0.15) is 18.4 Å². The number of ether oxygens (including phenoxy) is 1. The highest BCUT2D eigenvalue weighted by Crippen LogP contribution is 2.28. The van der Waals surface area contributed by atoms with E-state index in [2.05, 4.69) is 0 Å². The number of benzene rings is 1. The predicted molar refractivity (Wildman–Crippen MR) is 52.4 cm³/mol. The Hall–Kier alpha value is -2.03. The number of nitriles is 1. The summed E-state index contributed by atoms with van der Waals surface area (Å²) in [6.45, 7) is 0. The van der Waals surface area contributed by atoms with Crippen molar-refractivity contribution in [3.63, 3.8) is 0 Å². The zero-order chi connectivity index (χ0) is 13.1. The second-order valence-corrected chi connectivity index (χ2v) is 3.20. The minimum Gasteiger partial charge on any atom is -0.497 e. The highest BCUT2D eigenvalue weighted by atomic mass is 19.4. The summed E-state index contributed by atoms with van der Waals surface area (Å²) < 4.78 is 41.5. The molecule has 0 saturated heterocycles. The number of halogens is 3. The molecule has 1 rings (SSSR count). The maximum Gasteiger partial charge on any atom is 0.451 e. The Morgan fingerprint density at radius 1 is 1.47 bits per heavy atom. The molecule has 0 saturated carbocycles. The zero-order valence-electron chi connectivity index (χ0n) is 8.78. The molecule has 6 heteroatoms. The normalized spacial score (nSPS) is 12.6. The van der Waals surface area contributed by atoms with Crippen LogP contribution in [0.15, 0.2) is 24.3 Å². The minimum absolute atomic E-state index is 0.0332. The standard InChI is InChI=1S/C11H8F3NO2/c1-17-8-4-2-3-7(5-8)9(6-15)10(16)11(12,13)14/h2-5,9H,1H3. The fraction of sp³-hybridized carbons (Fsp3) is 0.273. The van der Waals surface area contributed by atoms with Crippen LogP contribution in [0.1, 0.15) is 11.5 Å². The van der Waals surface area contributed by atoms with Crippen LogP contribution in [0, 0.1) is 11.3 Å². The summed E-state index contributed by atoms with van der Waals surface area (Å²) in [5.41, 5.74) is -0.0332. The molecule has 1 unspecified atom stereocenters. The van der Waals surface area contributed by atoms with Crippen molar-refractivity contribution >= 4 is 5.78 Å². The van der Waals surface area contributed by atoms with E-state index >= 15 is 0 Å². The molecule has 1 aromatic carbocycles. The van der Waals surface area contributed by atoms with Gasteiger partial charge >= 0.3 is 6.18 Å². The first kappa shape index (κ1) is 13.0. The van der Waals surface area contributed by atoms with Crippen LogP contribution >= 0.6 is 0 Å². The molecule has 0 radical (unpaired) electrons. The Morgan fingerprint density at radius 2 is 2.12 bits per heavy atom. The van der Waals surface area contributed by atoms with Crippen LogP contribution < -0.4 is 4.74 Å². The number of hydrogen-bond donors (Lipinski definition) is 0. The van der Waals surface area contributed by atoms with Gasteiger partial charge in [-0.05, 0) is 17.7 Å². The Kier molecular flexibility index (Phi) is 3.73. The molecule has 0 amide bonds. The number of hydrogen-bond acceptors (Lipinski definition) is 3. The molecule has 0 N–H and O–H groups in total. The molecule has 90 valence electrons. The molecule has 0 aromatic heterocycles. The summed E-state index contributed by atoms with van der Waals surface area (Å²) in [6, 6.07) is 6.79. The molecular formula is C11H8F3NO2. The van der Waals surface area contributed by atoms with Crippen molar-refractivity contribution < 1.29 is 22.7 Å². The van der Waals surface area contributed by atoms with Gasteiger partial charge < -0.3 is 4.74 Å². The molecule has 0 aliphatic heterocycles. The summed E-state index contributed by atoms with van der Waals surface area (Å²) in [7, 11) is 1.34. The molecule has 17 heavy (non-hydrogen) atoms. The Balaban J connectivity index is 3.11. The number of carbonyl (C=O) groups excluding carboxylic acids is 1. The lowest BCUT2D eigenvalue weighted by molar-refractivity contribution is -0.171. The van der Waals surface area contributed by atoms with E-state index in [4.69, 9.17) is 10.00 Å².